The van der Waals surface area contributed by atoms with E-state index in [9.17, 15) is 23.5 Å². The molecule has 3 fully saturated rings. The maximum absolute atomic E-state index is 13.5. The lowest BCUT2D eigenvalue weighted by Crippen LogP contribution is -2.52. The maximum atomic E-state index is 13.5. The number of aliphatic hydroxyl groups excluding tert-OH is 1. The molecule has 19 heavy (non-hydrogen) atoms. The van der Waals surface area contributed by atoms with E-state index < -0.39 is 29.3 Å². The van der Waals surface area contributed by atoms with Gasteiger partial charge in [0.1, 0.15) is 5.54 Å². The minimum Gasteiger partial charge on any atom is -0.396 e. The highest BCUT2D eigenvalue weighted by Crippen LogP contribution is 2.54. The number of amides is 3. The number of hydrogen-bond acceptors (Lipinski definition) is 3. The number of aliphatic hydroxyl groups is 1. The Bertz CT molecular complexity index is 443. The van der Waals surface area contributed by atoms with Crippen molar-refractivity contribution in [3.05, 3.63) is 0 Å². The Kier molecular flexibility index (Phi) is 2.61. The van der Waals surface area contributed by atoms with Crippen LogP contribution in [0.1, 0.15) is 25.7 Å². The van der Waals surface area contributed by atoms with Gasteiger partial charge >= 0.3 is 6.03 Å². The average Bonchev–Trinajstić information content (AvgIpc) is 2.74. The lowest BCUT2D eigenvalue weighted by molar-refractivity contribution is -0.126. The largest absolute Gasteiger partial charge is 0.396 e. The molecule has 106 valence electrons. The van der Waals surface area contributed by atoms with Crippen LogP contribution in [0.5, 0.6) is 0 Å². The Labute approximate surface area is 108 Å². The summed E-state index contributed by atoms with van der Waals surface area (Å²) in [6, 6.07) is -0.603. The Hall–Kier alpha value is -1.24. The van der Waals surface area contributed by atoms with E-state index in [1.54, 1.807) is 0 Å². The fourth-order valence-electron chi connectivity index (χ4n) is 4.14. The molecule has 0 radical (unpaired) electrons. The molecule has 5 nitrogen and oxygen atoms in total. The first-order valence-corrected chi connectivity index (χ1v) is 6.50. The number of urea groups is 1. The van der Waals surface area contributed by atoms with Crippen molar-refractivity contribution in [3.63, 3.8) is 0 Å². The van der Waals surface area contributed by atoms with Gasteiger partial charge in [0.2, 0.25) is 5.92 Å². The summed E-state index contributed by atoms with van der Waals surface area (Å²) in [6.45, 7) is -0.277. The number of hydrogen-bond donors (Lipinski definition) is 3. The van der Waals surface area contributed by atoms with Gasteiger partial charge in [-0.15, -0.1) is 0 Å². The van der Waals surface area contributed by atoms with Crippen LogP contribution < -0.4 is 10.6 Å². The van der Waals surface area contributed by atoms with Crippen LogP contribution in [-0.2, 0) is 4.79 Å². The van der Waals surface area contributed by atoms with Gasteiger partial charge < -0.3 is 10.4 Å². The molecule has 0 aromatic carbocycles. The van der Waals surface area contributed by atoms with Crippen molar-refractivity contribution in [2.45, 2.75) is 37.1 Å². The third-order valence-corrected chi connectivity index (χ3v) is 4.91. The van der Waals surface area contributed by atoms with E-state index in [4.69, 9.17) is 0 Å². The highest BCUT2D eigenvalue weighted by molar-refractivity contribution is 6.07. The van der Waals surface area contributed by atoms with Gasteiger partial charge in [-0.05, 0) is 24.7 Å². The van der Waals surface area contributed by atoms with Gasteiger partial charge in [-0.3, -0.25) is 10.1 Å². The molecule has 1 spiro atoms. The minimum absolute atomic E-state index is 0.131. The van der Waals surface area contributed by atoms with Crippen LogP contribution in [0.15, 0.2) is 0 Å². The van der Waals surface area contributed by atoms with Crippen LogP contribution in [0.3, 0.4) is 0 Å². The Morgan fingerprint density at radius 2 is 2.05 bits per heavy atom. The molecule has 3 rings (SSSR count). The lowest BCUT2D eigenvalue weighted by atomic mass is 9.75. The summed E-state index contributed by atoms with van der Waals surface area (Å²) in [7, 11) is 0. The average molecular weight is 274 g/mol. The van der Waals surface area contributed by atoms with Crippen molar-refractivity contribution in [1.82, 2.24) is 10.6 Å². The molecular weight excluding hydrogens is 258 g/mol. The third kappa shape index (κ3) is 1.74. The second kappa shape index (κ2) is 3.88. The van der Waals surface area contributed by atoms with Crippen LogP contribution in [0.25, 0.3) is 0 Å². The number of fused-ring (bicyclic) bond motifs is 1. The molecule has 2 saturated carbocycles. The number of alkyl halides is 2. The molecular formula is C12H16F2N2O3. The summed E-state index contributed by atoms with van der Waals surface area (Å²) in [5.74, 6) is -4.13. The topological polar surface area (TPSA) is 78.4 Å². The van der Waals surface area contributed by atoms with Crippen LogP contribution in [0.4, 0.5) is 13.6 Å². The predicted molar refractivity (Wildman–Crippen MR) is 60.4 cm³/mol. The number of nitrogens with one attached hydrogen (secondary N) is 2. The number of halogens is 2. The lowest BCUT2D eigenvalue weighted by Gasteiger charge is -2.34. The van der Waals surface area contributed by atoms with Crippen molar-refractivity contribution in [2.24, 2.45) is 17.8 Å². The van der Waals surface area contributed by atoms with Crippen molar-refractivity contribution in [2.75, 3.05) is 6.61 Å². The van der Waals surface area contributed by atoms with Crippen LogP contribution in [0.2, 0.25) is 0 Å². The Balaban J connectivity index is 1.92. The molecule has 0 aromatic heterocycles. The first-order valence-electron chi connectivity index (χ1n) is 6.50. The van der Waals surface area contributed by atoms with Crippen LogP contribution >= 0.6 is 0 Å². The second-order valence-electron chi connectivity index (χ2n) is 5.90. The van der Waals surface area contributed by atoms with E-state index in [0.717, 1.165) is 0 Å². The van der Waals surface area contributed by atoms with E-state index in [1.165, 1.54) is 0 Å². The predicted octanol–water partition coefficient (Wildman–Crippen LogP) is 0.628. The smallest absolute Gasteiger partial charge is 0.322 e. The number of imide groups is 1. The molecule has 1 heterocycles. The molecule has 3 amide bonds. The van der Waals surface area contributed by atoms with E-state index >= 15 is 0 Å². The number of carbonyl (C=O) groups is 2. The molecule has 1 aliphatic heterocycles. The van der Waals surface area contributed by atoms with Crippen molar-refractivity contribution in [1.29, 1.82) is 0 Å². The van der Waals surface area contributed by atoms with E-state index in [-0.39, 0.29) is 44.1 Å². The summed E-state index contributed by atoms with van der Waals surface area (Å²) >= 11 is 0. The molecule has 1 saturated heterocycles. The Morgan fingerprint density at radius 1 is 1.32 bits per heavy atom. The van der Waals surface area contributed by atoms with Crippen molar-refractivity contribution in [3.8, 4) is 0 Å². The summed E-state index contributed by atoms with van der Waals surface area (Å²) in [5.41, 5.74) is -1.19. The highest BCUT2D eigenvalue weighted by atomic mass is 19.3. The molecule has 3 N–H and O–H groups in total. The second-order valence-corrected chi connectivity index (χ2v) is 5.90. The van der Waals surface area contributed by atoms with Gasteiger partial charge in [-0.2, -0.15) is 0 Å². The van der Waals surface area contributed by atoms with Crippen LogP contribution in [0, 0.1) is 17.8 Å². The first-order chi connectivity index (χ1) is 8.88. The van der Waals surface area contributed by atoms with Gasteiger partial charge in [0.15, 0.2) is 0 Å². The molecule has 3 aliphatic rings. The SMILES string of the molecule is O=C1NC(=O)C2(C[C@@H]3CC(F)(F)CC[C@H]3[C@@H]2CO)N1. The molecule has 2 aliphatic carbocycles. The monoisotopic (exact) mass is 274 g/mol. The molecule has 1 unspecified atom stereocenters. The fraction of sp³-hybridized carbons (Fsp3) is 0.833. The van der Waals surface area contributed by atoms with E-state index in [1.807, 2.05) is 0 Å². The summed E-state index contributed by atoms with van der Waals surface area (Å²) in [4.78, 5) is 23.3. The quantitative estimate of drug-likeness (QED) is 0.614. The number of rotatable bonds is 1. The molecule has 0 aromatic rings. The van der Waals surface area contributed by atoms with Gasteiger partial charge in [0, 0.05) is 25.4 Å². The van der Waals surface area contributed by atoms with Crippen molar-refractivity contribution < 1.29 is 23.5 Å². The van der Waals surface area contributed by atoms with E-state index in [0.29, 0.717) is 0 Å². The first kappa shape index (κ1) is 12.8. The summed E-state index contributed by atoms with van der Waals surface area (Å²) in [6.07, 6.45) is -0.000764. The highest BCUT2D eigenvalue weighted by Gasteiger charge is 2.63. The van der Waals surface area contributed by atoms with Crippen LogP contribution in [-0.4, -0.2) is 35.1 Å². The van der Waals surface area contributed by atoms with Gasteiger partial charge in [0.25, 0.3) is 5.91 Å². The summed E-state index contributed by atoms with van der Waals surface area (Å²) < 4.78 is 26.9. The van der Waals surface area contributed by atoms with Crippen molar-refractivity contribution >= 4 is 11.9 Å². The van der Waals surface area contributed by atoms with Gasteiger partial charge in [-0.1, -0.05) is 0 Å². The van der Waals surface area contributed by atoms with Gasteiger partial charge in [0.05, 0.1) is 0 Å². The minimum atomic E-state index is -2.70. The fourth-order valence-corrected chi connectivity index (χ4v) is 4.14. The zero-order valence-corrected chi connectivity index (χ0v) is 10.3. The summed E-state index contributed by atoms with van der Waals surface area (Å²) in [5, 5.41) is 14.3. The number of carbonyl (C=O) groups excluding carboxylic acids is 2. The zero-order valence-electron chi connectivity index (χ0n) is 10.3. The molecule has 7 heteroatoms. The standard InChI is InChI=1S/C12H16F2N2O3/c13-11(14)2-1-7-6(3-11)4-12(8(7)5-17)9(18)15-10(19)16-12/h6-8,17H,1-5H2,(H2,15,16,18,19)/t6-,7+,8-,12?/m0/s1. The molecule has 4 atom stereocenters. The van der Waals surface area contributed by atoms with Gasteiger partial charge in [-0.25, -0.2) is 13.6 Å². The zero-order chi connectivity index (χ0) is 13.8. The molecule has 0 bridgehead atoms. The Morgan fingerprint density at radius 3 is 2.63 bits per heavy atom. The normalized spacial score (nSPS) is 44.1. The maximum Gasteiger partial charge on any atom is 0.322 e. The third-order valence-electron chi connectivity index (χ3n) is 4.91. The van der Waals surface area contributed by atoms with E-state index in [2.05, 4.69) is 10.6 Å².